The summed E-state index contributed by atoms with van der Waals surface area (Å²) in [6, 6.07) is 11.4. The van der Waals surface area contributed by atoms with E-state index < -0.39 is 6.04 Å². The first-order chi connectivity index (χ1) is 15.9. The topological polar surface area (TPSA) is 73.7 Å². The van der Waals surface area contributed by atoms with Crippen molar-refractivity contribution in [3.63, 3.8) is 0 Å². The summed E-state index contributed by atoms with van der Waals surface area (Å²) in [6.45, 7) is 3.38. The van der Waals surface area contributed by atoms with Crippen LogP contribution in [0.3, 0.4) is 0 Å². The number of halogens is 2. The van der Waals surface area contributed by atoms with Crippen LogP contribution in [0.4, 0.5) is 0 Å². The Bertz CT molecular complexity index is 1160. The number of nitrogens with zero attached hydrogens (tertiary/aromatic N) is 3. The number of methoxy groups -OCH3 is 2. The van der Waals surface area contributed by atoms with E-state index in [1.807, 2.05) is 13.0 Å². The average molecular weight is 492 g/mol. The molecule has 33 heavy (non-hydrogen) atoms. The Balaban J connectivity index is 2.10. The lowest BCUT2D eigenvalue weighted by molar-refractivity contribution is 0.0653. The number of ether oxygens (including phenoxy) is 2. The van der Waals surface area contributed by atoms with E-state index in [4.69, 9.17) is 37.7 Å². The first-order valence-electron chi connectivity index (χ1n) is 10.6. The van der Waals surface area contributed by atoms with E-state index in [-0.39, 0.29) is 11.5 Å². The Kier molecular flexibility index (Phi) is 8.86. The first kappa shape index (κ1) is 25.2. The molecule has 176 valence electrons. The molecule has 0 fully saturated rings. The molecule has 1 aromatic heterocycles. The molecule has 0 saturated carbocycles. The van der Waals surface area contributed by atoms with Gasteiger partial charge in [-0.05, 0) is 43.7 Å². The van der Waals surface area contributed by atoms with Crippen molar-refractivity contribution < 1.29 is 14.3 Å². The maximum absolute atomic E-state index is 13.6. The molecule has 0 spiro atoms. The summed E-state index contributed by atoms with van der Waals surface area (Å²) in [5.74, 6) is 0.221. The number of hydrogen-bond acceptors (Lipinski definition) is 5. The van der Waals surface area contributed by atoms with Gasteiger partial charge < -0.3 is 14.4 Å². The van der Waals surface area contributed by atoms with Crippen molar-refractivity contribution in [1.29, 1.82) is 0 Å². The molecule has 2 aromatic carbocycles. The van der Waals surface area contributed by atoms with Gasteiger partial charge in [-0.2, -0.15) is 0 Å². The minimum Gasteiger partial charge on any atom is -0.385 e. The molecular formula is C24H27Cl2N3O4. The Morgan fingerprint density at radius 3 is 2.42 bits per heavy atom. The van der Waals surface area contributed by atoms with E-state index >= 15 is 0 Å². The summed E-state index contributed by atoms with van der Waals surface area (Å²) in [5.41, 5.74) is 0.769. The number of benzene rings is 2. The second-order valence-corrected chi connectivity index (χ2v) is 8.49. The van der Waals surface area contributed by atoms with Gasteiger partial charge in [-0.3, -0.25) is 14.2 Å². The van der Waals surface area contributed by atoms with Gasteiger partial charge in [-0.15, -0.1) is 0 Å². The summed E-state index contributed by atoms with van der Waals surface area (Å²) < 4.78 is 12.0. The molecule has 0 saturated heterocycles. The Hall–Kier alpha value is -2.45. The zero-order chi connectivity index (χ0) is 24.0. The summed E-state index contributed by atoms with van der Waals surface area (Å²) in [5, 5.41) is 1.26. The lowest BCUT2D eigenvalue weighted by Gasteiger charge is -2.31. The monoisotopic (exact) mass is 491 g/mol. The highest BCUT2D eigenvalue weighted by Crippen LogP contribution is 2.25. The number of hydrogen-bond donors (Lipinski definition) is 0. The van der Waals surface area contributed by atoms with Crippen molar-refractivity contribution in [2.45, 2.75) is 25.9 Å². The van der Waals surface area contributed by atoms with Crippen LogP contribution >= 0.6 is 23.2 Å². The van der Waals surface area contributed by atoms with E-state index in [0.29, 0.717) is 65.1 Å². The van der Waals surface area contributed by atoms with Gasteiger partial charge in [-0.25, -0.2) is 4.98 Å². The minimum atomic E-state index is -0.513. The van der Waals surface area contributed by atoms with E-state index in [2.05, 4.69) is 0 Å². The molecule has 0 aliphatic rings. The number of fused-ring (bicyclic) bond motifs is 1. The highest BCUT2D eigenvalue weighted by Gasteiger charge is 2.27. The van der Waals surface area contributed by atoms with E-state index in [9.17, 15) is 9.59 Å². The van der Waals surface area contributed by atoms with Gasteiger partial charge in [0.05, 0.1) is 30.1 Å². The van der Waals surface area contributed by atoms with Crippen molar-refractivity contribution in [1.82, 2.24) is 14.5 Å². The number of aromatic nitrogens is 2. The van der Waals surface area contributed by atoms with E-state index in [0.717, 1.165) is 0 Å². The van der Waals surface area contributed by atoms with Crippen LogP contribution in [0.15, 0.2) is 47.3 Å². The van der Waals surface area contributed by atoms with Crippen LogP contribution < -0.4 is 5.56 Å². The second-order valence-electron chi connectivity index (χ2n) is 7.62. The Morgan fingerprint density at radius 2 is 1.76 bits per heavy atom. The maximum Gasteiger partial charge on any atom is 0.261 e. The first-order valence-corrected chi connectivity index (χ1v) is 11.4. The minimum absolute atomic E-state index is 0.172. The van der Waals surface area contributed by atoms with Gasteiger partial charge in [0.25, 0.3) is 11.5 Å². The van der Waals surface area contributed by atoms with Crippen molar-refractivity contribution in [2.24, 2.45) is 0 Å². The highest BCUT2D eigenvalue weighted by molar-refractivity contribution is 6.35. The standard InChI is InChI=1S/C24H27Cl2N3O4/c1-16(22-27-21-8-5-4-7-20(21)24(31)29(22)10-12-33-3)28(9-6-11-32-2)23(30)17-13-18(25)15-19(26)14-17/h4-5,7-8,13-16H,6,9-12H2,1-3H3. The van der Waals surface area contributed by atoms with Crippen molar-refractivity contribution in [3.8, 4) is 0 Å². The van der Waals surface area contributed by atoms with Gasteiger partial charge in [0.2, 0.25) is 0 Å². The van der Waals surface area contributed by atoms with Crippen LogP contribution in [-0.2, 0) is 16.0 Å². The van der Waals surface area contributed by atoms with Crippen LogP contribution in [-0.4, -0.2) is 54.3 Å². The van der Waals surface area contributed by atoms with Crippen LogP contribution in [0.2, 0.25) is 10.0 Å². The molecule has 0 N–H and O–H groups in total. The van der Waals surface area contributed by atoms with Gasteiger partial charge >= 0.3 is 0 Å². The molecule has 1 heterocycles. The molecule has 1 amide bonds. The fraction of sp³-hybridized carbons (Fsp3) is 0.375. The molecular weight excluding hydrogens is 465 g/mol. The largest absolute Gasteiger partial charge is 0.385 e. The third kappa shape index (κ3) is 5.92. The number of carbonyl (C=O) groups is 1. The molecule has 1 atom stereocenters. The number of rotatable bonds is 10. The predicted molar refractivity (Wildman–Crippen MR) is 130 cm³/mol. The average Bonchev–Trinajstić information content (AvgIpc) is 2.80. The second kappa shape index (κ2) is 11.6. The molecule has 0 bridgehead atoms. The van der Waals surface area contributed by atoms with Crippen LogP contribution in [0.5, 0.6) is 0 Å². The summed E-state index contributed by atoms with van der Waals surface area (Å²) >= 11 is 12.3. The predicted octanol–water partition coefficient (Wildman–Crippen LogP) is 4.59. The molecule has 1 unspecified atom stereocenters. The lowest BCUT2D eigenvalue weighted by Crippen LogP contribution is -2.39. The van der Waals surface area contributed by atoms with Gasteiger partial charge in [0.1, 0.15) is 5.82 Å². The zero-order valence-electron chi connectivity index (χ0n) is 18.9. The molecule has 3 aromatic rings. The Morgan fingerprint density at radius 1 is 1.09 bits per heavy atom. The Labute approximate surface area is 202 Å². The number of amides is 1. The smallest absolute Gasteiger partial charge is 0.261 e. The third-order valence-corrected chi connectivity index (χ3v) is 5.81. The number of para-hydroxylation sites is 1. The van der Waals surface area contributed by atoms with Crippen molar-refractivity contribution >= 4 is 40.0 Å². The molecule has 0 aliphatic carbocycles. The van der Waals surface area contributed by atoms with Crippen LogP contribution in [0, 0.1) is 0 Å². The van der Waals surface area contributed by atoms with Crippen molar-refractivity contribution in [2.75, 3.05) is 34.0 Å². The van der Waals surface area contributed by atoms with Crippen molar-refractivity contribution in [3.05, 3.63) is 74.3 Å². The van der Waals surface area contributed by atoms with E-state index in [1.54, 1.807) is 60.1 Å². The van der Waals surface area contributed by atoms with Gasteiger partial charge in [0.15, 0.2) is 0 Å². The highest BCUT2D eigenvalue weighted by atomic mass is 35.5. The summed E-state index contributed by atoms with van der Waals surface area (Å²) in [7, 11) is 3.19. The molecule has 0 aliphatic heterocycles. The maximum atomic E-state index is 13.6. The fourth-order valence-electron chi connectivity index (χ4n) is 3.74. The zero-order valence-corrected chi connectivity index (χ0v) is 20.4. The molecule has 7 nitrogen and oxygen atoms in total. The third-order valence-electron chi connectivity index (χ3n) is 5.37. The van der Waals surface area contributed by atoms with Gasteiger partial charge in [-0.1, -0.05) is 35.3 Å². The van der Waals surface area contributed by atoms with E-state index in [1.165, 1.54) is 0 Å². The molecule has 9 heteroatoms. The summed E-state index contributed by atoms with van der Waals surface area (Å²) in [4.78, 5) is 33.3. The fourth-order valence-corrected chi connectivity index (χ4v) is 4.26. The quantitative estimate of drug-likeness (QED) is 0.387. The van der Waals surface area contributed by atoms with Crippen LogP contribution in [0.1, 0.15) is 35.6 Å². The lowest BCUT2D eigenvalue weighted by atomic mass is 10.1. The SMILES string of the molecule is COCCCN(C(=O)c1cc(Cl)cc(Cl)c1)C(C)c1nc2ccccc2c(=O)n1CCOC. The molecule has 3 rings (SSSR count). The normalized spacial score (nSPS) is 12.2. The summed E-state index contributed by atoms with van der Waals surface area (Å²) in [6.07, 6.45) is 0.608. The van der Waals surface area contributed by atoms with Gasteiger partial charge in [0, 0.05) is 43.0 Å². The molecule has 0 radical (unpaired) electrons. The van der Waals surface area contributed by atoms with Crippen LogP contribution in [0.25, 0.3) is 10.9 Å². The number of carbonyl (C=O) groups excluding carboxylic acids is 1.